The zero-order valence-electron chi connectivity index (χ0n) is 8.82. The van der Waals surface area contributed by atoms with Gasteiger partial charge in [0, 0.05) is 6.42 Å². The first-order valence-corrected chi connectivity index (χ1v) is 5.00. The third-order valence-corrected chi connectivity index (χ3v) is 2.00. The second-order valence-electron chi connectivity index (χ2n) is 4.68. The lowest BCUT2D eigenvalue weighted by Gasteiger charge is -2.17. The van der Waals surface area contributed by atoms with Gasteiger partial charge in [0.15, 0.2) is 0 Å². The van der Waals surface area contributed by atoms with Gasteiger partial charge in [0.2, 0.25) is 0 Å². The molecule has 0 aliphatic heterocycles. The monoisotopic (exact) mass is 166 g/mol. The molecule has 0 aliphatic rings. The molecule has 0 N–H and O–H groups in total. The molecule has 0 atom stereocenters. The van der Waals surface area contributed by atoms with E-state index in [0.717, 1.165) is 6.42 Å². The summed E-state index contributed by atoms with van der Waals surface area (Å²) in [6.07, 6.45) is 12.7. The lowest BCUT2D eigenvalue weighted by molar-refractivity contribution is 0.357. The van der Waals surface area contributed by atoms with Crippen molar-refractivity contribution in [2.75, 3.05) is 0 Å². The molecule has 0 amide bonds. The van der Waals surface area contributed by atoms with Gasteiger partial charge in [-0.3, -0.25) is 0 Å². The van der Waals surface area contributed by atoms with Gasteiger partial charge in [-0.2, -0.15) is 0 Å². The number of hydrogen-bond donors (Lipinski definition) is 0. The summed E-state index contributed by atoms with van der Waals surface area (Å²) >= 11 is 0. The van der Waals surface area contributed by atoms with Crippen LogP contribution in [0.5, 0.6) is 0 Å². The summed E-state index contributed by atoms with van der Waals surface area (Å²) in [7, 11) is 0. The van der Waals surface area contributed by atoms with E-state index in [0.29, 0.717) is 5.41 Å². The van der Waals surface area contributed by atoms with Crippen molar-refractivity contribution in [3.8, 4) is 12.3 Å². The molecule has 0 radical (unpaired) electrons. The average molecular weight is 166 g/mol. The van der Waals surface area contributed by atoms with Crippen LogP contribution in [-0.4, -0.2) is 0 Å². The van der Waals surface area contributed by atoms with Crippen molar-refractivity contribution >= 4 is 0 Å². The van der Waals surface area contributed by atoms with Crippen LogP contribution in [0.2, 0.25) is 0 Å². The summed E-state index contributed by atoms with van der Waals surface area (Å²) < 4.78 is 0. The lowest BCUT2D eigenvalue weighted by atomic mass is 9.89. The SMILES string of the molecule is C#CCCCCCCC(C)(C)C. The van der Waals surface area contributed by atoms with Gasteiger partial charge >= 0.3 is 0 Å². The summed E-state index contributed by atoms with van der Waals surface area (Å²) in [4.78, 5) is 0. The average Bonchev–Trinajstić information content (AvgIpc) is 1.94. The third-order valence-electron chi connectivity index (χ3n) is 2.00. The fraction of sp³-hybridized carbons (Fsp3) is 0.833. The smallest absolute Gasteiger partial charge is 0.00860 e. The van der Waals surface area contributed by atoms with Crippen LogP contribution in [0.15, 0.2) is 0 Å². The highest BCUT2D eigenvalue weighted by atomic mass is 14.1. The van der Waals surface area contributed by atoms with E-state index in [1.165, 1.54) is 32.1 Å². The molecule has 0 nitrogen and oxygen atoms in total. The zero-order valence-corrected chi connectivity index (χ0v) is 8.82. The normalized spacial score (nSPS) is 11.2. The Balaban J connectivity index is 3.07. The predicted octanol–water partition coefficient (Wildman–Crippen LogP) is 4.01. The number of terminal acetylenes is 1. The maximum Gasteiger partial charge on any atom is 0.00860 e. The molecule has 0 aromatic rings. The van der Waals surface area contributed by atoms with Crippen LogP contribution >= 0.6 is 0 Å². The van der Waals surface area contributed by atoms with Crippen LogP contribution in [0.25, 0.3) is 0 Å². The Kier molecular flexibility index (Phi) is 5.89. The molecular formula is C12H22. The Morgan fingerprint density at radius 2 is 1.58 bits per heavy atom. The van der Waals surface area contributed by atoms with E-state index in [4.69, 9.17) is 6.42 Å². The standard InChI is InChI=1S/C12H22/c1-5-6-7-8-9-10-11-12(2,3)4/h1H,6-11H2,2-4H3. The first-order chi connectivity index (χ1) is 5.56. The van der Waals surface area contributed by atoms with Crippen molar-refractivity contribution in [2.24, 2.45) is 5.41 Å². The lowest BCUT2D eigenvalue weighted by Crippen LogP contribution is -2.03. The molecule has 70 valence electrons. The quantitative estimate of drug-likeness (QED) is 0.427. The highest BCUT2D eigenvalue weighted by Crippen LogP contribution is 2.22. The molecule has 0 fully saturated rings. The highest BCUT2D eigenvalue weighted by molar-refractivity contribution is 4.82. The maximum atomic E-state index is 5.16. The third kappa shape index (κ3) is 9.56. The minimum Gasteiger partial charge on any atom is -0.120 e. The molecule has 0 heterocycles. The Morgan fingerprint density at radius 1 is 1.00 bits per heavy atom. The number of rotatable bonds is 5. The molecule has 0 heteroatoms. The largest absolute Gasteiger partial charge is 0.120 e. The Bertz CT molecular complexity index is 131. The molecule has 0 rings (SSSR count). The Hall–Kier alpha value is -0.440. The summed E-state index contributed by atoms with van der Waals surface area (Å²) in [5, 5.41) is 0. The predicted molar refractivity (Wildman–Crippen MR) is 56.0 cm³/mol. The van der Waals surface area contributed by atoms with E-state index >= 15 is 0 Å². The highest BCUT2D eigenvalue weighted by Gasteiger charge is 2.08. The molecule has 0 unspecified atom stereocenters. The maximum absolute atomic E-state index is 5.16. The van der Waals surface area contributed by atoms with Crippen molar-refractivity contribution in [2.45, 2.75) is 59.3 Å². The van der Waals surface area contributed by atoms with E-state index in [-0.39, 0.29) is 0 Å². The van der Waals surface area contributed by atoms with Crippen LogP contribution in [0.3, 0.4) is 0 Å². The minimum absolute atomic E-state index is 0.506. The zero-order chi connectivity index (χ0) is 9.45. The van der Waals surface area contributed by atoms with Crippen molar-refractivity contribution in [1.82, 2.24) is 0 Å². The van der Waals surface area contributed by atoms with Gasteiger partial charge in [0.1, 0.15) is 0 Å². The summed E-state index contributed by atoms with van der Waals surface area (Å²) in [5.41, 5.74) is 0.506. The molecule has 0 spiro atoms. The summed E-state index contributed by atoms with van der Waals surface area (Å²) in [6, 6.07) is 0. The van der Waals surface area contributed by atoms with Gasteiger partial charge < -0.3 is 0 Å². The second kappa shape index (κ2) is 6.12. The first kappa shape index (κ1) is 11.6. The fourth-order valence-corrected chi connectivity index (χ4v) is 1.24. The molecule has 0 saturated heterocycles. The van der Waals surface area contributed by atoms with Gasteiger partial charge in [0.05, 0.1) is 0 Å². The first-order valence-electron chi connectivity index (χ1n) is 5.00. The van der Waals surface area contributed by atoms with Crippen LogP contribution in [-0.2, 0) is 0 Å². The van der Waals surface area contributed by atoms with Crippen LogP contribution in [0.4, 0.5) is 0 Å². The number of unbranched alkanes of at least 4 members (excludes halogenated alkanes) is 4. The van der Waals surface area contributed by atoms with E-state index in [1.807, 2.05) is 0 Å². The molecule has 0 aliphatic carbocycles. The van der Waals surface area contributed by atoms with Crippen LogP contribution in [0, 0.1) is 17.8 Å². The van der Waals surface area contributed by atoms with Crippen molar-refractivity contribution in [3.63, 3.8) is 0 Å². The molecule has 0 saturated carbocycles. The van der Waals surface area contributed by atoms with Gasteiger partial charge in [0.25, 0.3) is 0 Å². The van der Waals surface area contributed by atoms with Crippen LogP contribution in [0.1, 0.15) is 59.3 Å². The van der Waals surface area contributed by atoms with Crippen molar-refractivity contribution in [1.29, 1.82) is 0 Å². The Morgan fingerprint density at radius 3 is 2.08 bits per heavy atom. The van der Waals surface area contributed by atoms with Gasteiger partial charge in [-0.1, -0.05) is 40.0 Å². The second-order valence-corrected chi connectivity index (χ2v) is 4.68. The minimum atomic E-state index is 0.506. The topological polar surface area (TPSA) is 0 Å². The van der Waals surface area contributed by atoms with Crippen LogP contribution < -0.4 is 0 Å². The van der Waals surface area contributed by atoms with E-state index in [2.05, 4.69) is 26.7 Å². The molecule has 12 heavy (non-hydrogen) atoms. The molecule has 0 aromatic heterocycles. The van der Waals surface area contributed by atoms with Crippen molar-refractivity contribution in [3.05, 3.63) is 0 Å². The summed E-state index contributed by atoms with van der Waals surface area (Å²) in [5.74, 6) is 2.67. The molecular weight excluding hydrogens is 144 g/mol. The molecule has 0 bridgehead atoms. The summed E-state index contributed by atoms with van der Waals surface area (Å²) in [6.45, 7) is 6.90. The van der Waals surface area contributed by atoms with Crippen molar-refractivity contribution < 1.29 is 0 Å². The van der Waals surface area contributed by atoms with E-state index < -0.39 is 0 Å². The van der Waals surface area contributed by atoms with E-state index in [9.17, 15) is 0 Å². The fourth-order valence-electron chi connectivity index (χ4n) is 1.24. The van der Waals surface area contributed by atoms with Gasteiger partial charge in [-0.05, 0) is 18.3 Å². The van der Waals surface area contributed by atoms with Gasteiger partial charge in [-0.25, -0.2) is 0 Å². The number of hydrogen-bond acceptors (Lipinski definition) is 0. The van der Waals surface area contributed by atoms with Gasteiger partial charge in [-0.15, -0.1) is 12.3 Å². The molecule has 0 aromatic carbocycles. The van der Waals surface area contributed by atoms with E-state index in [1.54, 1.807) is 0 Å². The Labute approximate surface area is 77.8 Å².